The molecule has 6 aromatic rings. The molecular formula is C46H36I5N2O9S4-. The SMILES string of the molecule is COC(=O)c1ccccc1-c1ccc(/C=C2/SC(=S)N(Cc3ccccc3)C2=O)o1.COC(=O)c1ccccc1-c1ccc(C=O)o1.II.I[I-]I.O=C1CSC(=S)N1Cc1ccccc1. The van der Waals surface area contributed by atoms with E-state index in [1.807, 2.05) is 66.7 Å². The number of thioether (sulfide) groups is 2. The van der Waals surface area contributed by atoms with Gasteiger partial charge in [-0.05, 0) is 47.5 Å². The molecule has 4 heterocycles. The zero-order valence-corrected chi connectivity index (χ0v) is 48.6. The van der Waals surface area contributed by atoms with Gasteiger partial charge in [-0.25, -0.2) is 9.59 Å². The molecular weight excluding hydrogens is 1490 g/mol. The fraction of sp³-hybridized carbons (Fsp3) is 0.109. The minimum absolute atomic E-state index is 0.115. The zero-order chi connectivity index (χ0) is 48.0. The molecule has 0 aliphatic carbocycles. The number of halogens is 5. The molecule has 0 atom stereocenters. The number of thiocarbonyl (C=S) groups is 2. The third kappa shape index (κ3) is 16.5. The first kappa shape index (κ1) is 55.9. The summed E-state index contributed by atoms with van der Waals surface area (Å²) in [5.74, 6) is 1.28. The molecule has 8 rings (SSSR count). The molecule has 0 saturated carbocycles. The molecule has 2 amide bonds. The van der Waals surface area contributed by atoms with E-state index in [0.717, 1.165) is 11.1 Å². The van der Waals surface area contributed by atoms with Crippen LogP contribution in [0.2, 0.25) is 0 Å². The van der Waals surface area contributed by atoms with Crippen LogP contribution in [0.4, 0.5) is 0 Å². The fourth-order valence-corrected chi connectivity index (χ4v) is 8.24. The summed E-state index contributed by atoms with van der Waals surface area (Å²) >= 11 is 22.7. The van der Waals surface area contributed by atoms with E-state index >= 15 is 0 Å². The van der Waals surface area contributed by atoms with Crippen LogP contribution in [0, 0.1) is 0 Å². The first-order valence-electron chi connectivity index (χ1n) is 18.8. The Morgan fingerprint density at radius 3 is 1.55 bits per heavy atom. The summed E-state index contributed by atoms with van der Waals surface area (Å²) in [7, 11) is 2.65. The summed E-state index contributed by atoms with van der Waals surface area (Å²) < 4.78 is 21.9. The Labute approximate surface area is 454 Å². The van der Waals surface area contributed by atoms with Crippen LogP contribution < -0.4 is 13.3 Å². The van der Waals surface area contributed by atoms with Crippen molar-refractivity contribution < 1.29 is 55.5 Å². The number of ether oxygens (including phenoxy) is 2. The van der Waals surface area contributed by atoms with Crippen molar-refractivity contribution in [1.82, 2.24) is 9.80 Å². The Bertz CT molecular complexity index is 2630. The third-order valence-electron chi connectivity index (χ3n) is 8.92. The third-order valence-corrected chi connectivity index (χ3v) is 11.7. The number of hydrogen-bond acceptors (Lipinski definition) is 13. The average Bonchev–Trinajstić information content (AvgIpc) is 4.16. The van der Waals surface area contributed by atoms with Gasteiger partial charge in [-0.15, -0.1) is 0 Å². The predicted molar refractivity (Wildman–Crippen MR) is 300 cm³/mol. The van der Waals surface area contributed by atoms with Gasteiger partial charge in [0.05, 0.1) is 49.1 Å². The molecule has 20 heteroatoms. The maximum Gasteiger partial charge on any atom is 0.238 e. The van der Waals surface area contributed by atoms with E-state index < -0.39 is 11.9 Å². The van der Waals surface area contributed by atoms with Gasteiger partial charge in [-0.3, -0.25) is 24.2 Å². The van der Waals surface area contributed by atoms with Gasteiger partial charge >= 0.3 is 62.4 Å². The number of esters is 2. The first-order chi connectivity index (χ1) is 32.0. The van der Waals surface area contributed by atoms with Crippen LogP contribution in [0.3, 0.4) is 0 Å². The van der Waals surface area contributed by atoms with E-state index in [2.05, 4.69) is 79.2 Å². The van der Waals surface area contributed by atoms with E-state index in [4.69, 9.17) is 38.0 Å². The Morgan fingerprint density at radius 1 is 0.667 bits per heavy atom. The molecule has 2 aliphatic heterocycles. The van der Waals surface area contributed by atoms with Gasteiger partial charge in [-0.1, -0.05) is 145 Å². The standard InChI is InChI=1S/C23H17NO4S2.C13H10O4.C10H9NOS2.I3.I2/c1-27-22(26)18-10-6-5-9-17(18)19-12-11-16(28-19)13-20-21(25)24(23(29)30-20)14-15-7-3-2-4-8-15;1-16-13(15)11-5-3-2-4-10(11)12-7-6-9(8-14)17-12;12-9-7-14-10(13)11(9)6-8-4-2-1-3-5-8;1-3-2;1-2/h2-13H,14H2,1H3;2-8H,1H3;1-5H,6-7H2;;/q;;;-1;/b20-13+;;;;. The predicted octanol–water partition coefficient (Wildman–Crippen LogP) is 10.3. The van der Waals surface area contributed by atoms with Crippen molar-refractivity contribution in [3.8, 4) is 22.6 Å². The zero-order valence-electron chi connectivity index (χ0n) is 34.6. The Morgan fingerprint density at radius 2 is 1.11 bits per heavy atom. The number of furan rings is 2. The number of nitrogens with zero attached hydrogens (tertiary/aromatic N) is 2. The molecule has 2 aliphatic rings. The summed E-state index contributed by atoms with van der Waals surface area (Å²) in [6, 6.07) is 40.3. The van der Waals surface area contributed by atoms with Gasteiger partial charge in [0.15, 0.2) is 12.0 Å². The van der Waals surface area contributed by atoms with Crippen LogP contribution in [0.1, 0.15) is 48.2 Å². The molecule has 0 radical (unpaired) electrons. The minimum Gasteiger partial charge on any atom is -0.293 e. The second kappa shape index (κ2) is 30.0. The smallest absolute Gasteiger partial charge is 0.238 e. The number of rotatable bonds is 10. The largest absolute Gasteiger partial charge is 0.293 e. The molecule has 0 N–H and O–H groups in total. The normalized spacial score (nSPS) is 13.3. The van der Waals surface area contributed by atoms with Gasteiger partial charge in [0.25, 0.3) is 5.91 Å². The molecule has 0 unspecified atom stereocenters. The van der Waals surface area contributed by atoms with Crippen LogP contribution in [-0.2, 0) is 32.2 Å². The van der Waals surface area contributed by atoms with E-state index in [9.17, 15) is 24.0 Å². The summed E-state index contributed by atoms with van der Waals surface area (Å²) in [5.41, 5.74) is 4.17. The maximum atomic E-state index is 12.8. The van der Waals surface area contributed by atoms with Crippen LogP contribution in [0.15, 0.2) is 147 Å². The summed E-state index contributed by atoms with van der Waals surface area (Å²) in [5, 5.41) is 0. The van der Waals surface area contributed by atoms with E-state index in [-0.39, 0.29) is 17.6 Å². The van der Waals surface area contributed by atoms with Crippen LogP contribution in [0.25, 0.3) is 28.7 Å². The van der Waals surface area contributed by atoms with E-state index in [1.165, 1.54) is 37.7 Å². The number of hydrogen-bond donors (Lipinski definition) is 0. The summed E-state index contributed by atoms with van der Waals surface area (Å²) in [6.07, 6.45) is 2.29. The Hall–Kier alpha value is -2.74. The molecule has 344 valence electrons. The number of carbonyl (C=O) groups is 5. The van der Waals surface area contributed by atoms with E-state index in [0.29, 0.717) is 91.5 Å². The van der Waals surface area contributed by atoms with Crippen molar-refractivity contribution in [2.24, 2.45) is 0 Å². The van der Waals surface area contributed by atoms with Crippen molar-refractivity contribution in [2.45, 2.75) is 13.1 Å². The summed E-state index contributed by atoms with van der Waals surface area (Å²) in [6.45, 7) is 1.03. The second-order valence-corrected chi connectivity index (χ2v) is 32.5. The molecule has 11 nitrogen and oxygen atoms in total. The molecule has 66 heavy (non-hydrogen) atoms. The van der Waals surface area contributed by atoms with Crippen molar-refractivity contribution in [2.75, 3.05) is 20.0 Å². The number of benzene rings is 4. The van der Waals surface area contributed by atoms with Gasteiger partial charge in [0.1, 0.15) is 25.9 Å². The number of carbonyl (C=O) groups excluding carboxylic acids is 5. The van der Waals surface area contributed by atoms with Crippen molar-refractivity contribution in [1.29, 1.82) is 0 Å². The topological polar surface area (TPSA) is 137 Å². The molecule has 2 aromatic heterocycles. The number of amides is 2. The Kier molecular flexibility index (Phi) is 25.4. The van der Waals surface area contributed by atoms with Crippen molar-refractivity contribution in [3.05, 3.63) is 172 Å². The quantitative estimate of drug-likeness (QED) is 0.0424. The van der Waals surface area contributed by atoms with Gasteiger partial charge in [0.2, 0.25) is 5.91 Å². The van der Waals surface area contributed by atoms with Gasteiger partial charge < -0.3 is 18.3 Å². The number of aldehydes is 1. The Balaban J connectivity index is 0.000000224. The first-order valence-corrected chi connectivity index (χ1v) is 40.3. The number of methoxy groups -OCH3 is 2. The molecule has 2 fully saturated rings. The monoisotopic (exact) mass is 1520 g/mol. The average molecular weight is 1520 g/mol. The van der Waals surface area contributed by atoms with Crippen LogP contribution in [-0.4, -0.2) is 68.5 Å². The summed E-state index contributed by atoms with van der Waals surface area (Å²) in [4.78, 5) is 62.1. The second-order valence-electron chi connectivity index (χ2n) is 12.9. The van der Waals surface area contributed by atoms with E-state index in [1.54, 1.807) is 82.6 Å². The fourth-order valence-electron chi connectivity index (χ4n) is 5.94. The molecule has 0 bridgehead atoms. The minimum atomic E-state index is -0.440. The van der Waals surface area contributed by atoms with Crippen LogP contribution in [0.5, 0.6) is 0 Å². The van der Waals surface area contributed by atoms with Gasteiger partial charge in [-0.2, -0.15) is 0 Å². The van der Waals surface area contributed by atoms with Crippen LogP contribution >= 0.6 is 122 Å². The molecule has 0 spiro atoms. The maximum absolute atomic E-state index is 12.8. The molecule has 2 saturated heterocycles. The van der Waals surface area contributed by atoms with Gasteiger partial charge in [0, 0.05) is 54.4 Å². The van der Waals surface area contributed by atoms with Crippen molar-refractivity contribution in [3.63, 3.8) is 0 Å². The molecule has 4 aromatic carbocycles. The van der Waals surface area contributed by atoms with Crippen molar-refractivity contribution >= 4 is 167 Å².